The van der Waals surface area contributed by atoms with Crippen LogP contribution in [0.25, 0.3) is 0 Å². The Balaban J connectivity index is 1.30. The third kappa shape index (κ3) is 4.64. The quantitative estimate of drug-likeness (QED) is 0.140. The maximum Gasteiger partial charge on any atom is 0.340 e. The number of barbiturate groups is 1. The van der Waals surface area contributed by atoms with E-state index in [1.54, 1.807) is 43.3 Å². The molecule has 0 aromatic heterocycles. The maximum atomic E-state index is 13.1. The number of esters is 1. The summed E-state index contributed by atoms with van der Waals surface area (Å²) in [4.78, 5) is 63.6. The van der Waals surface area contributed by atoms with Gasteiger partial charge in [0.2, 0.25) is 17.7 Å². The number of hydrogen-bond acceptors (Lipinski definition) is 9. The van der Waals surface area contributed by atoms with Gasteiger partial charge in [-0.15, -0.1) is 0 Å². The molecule has 5 amide bonds. The lowest BCUT2D eigenvalue weighted by Gasteiger charge is -2.38. The zero-order valence-electron chi connectivity index (χ0n) is 25.0. The van der Waals surface area contributed by atoms with Crippen molar-refractivity contribution in [2.24, 2.45) is 11.3 Å². The highest BCUT2D eigenvalue weighted by atomic mass is 16.6. The number of urea groups is 1. The highest BCUT2D eigenvalue weighted by Gasteiger charge is 2.55. The van der Waals surface area contributed by atoms with Crippen molar-refractivity contribution < 1.29 is 43.7 Å². The van der Waals surface area contributed by atoms with Crippen molar-refractivity contribution in [2.75, 3.05) is 0 Å². The minimum atomic E-state index is -1.58. The molecule has 0 saturated carbocycles. The topological polar surface area (TPSA) is 180 Å². The molecule has 2 unspecified atom stereocenters. The number of carbonyl (C=O) groups excluding carboxylic acids is 5. The first-order chi connectivity index (χ1) is 22.0. The van der Waals surface area contributed by atoms with Gasteiger partial charge in [-0.1, -0.05) is 44.5 Å². The molecule has 5 N–H and O–H groups in total. The second-order valence-electron chi connectivity index (χ2n) is 11.6. The first kappa shape index (κ1) is 30.4. The van der Waals surface area contributed by atoms with Crippen molar-refractivity contribution in [3.63, 3.8) is 0 Å². The van der Waals surface area contributed by atoms with E-state index in [1.165, 1.54) is 30.4 Å². The normalized spacial score (nSPS) is 19.8. The van der Waals surface area contributed by atoms with Crippen LogP contribution in [0.2, 0.25) is 0 Å². The van der Waals surface area contributed by atoms with Crippen LogP contribution in [0.15, 0.2) is 66.7 Å². The Morgan fingerprint density at radius 2 is 1.70 bits per heavy atom. The highest BCUT2D eigenvalue weighted by Crippen LogP contribution is 2.58. The number of fused-ring (bicyclic) bond motifs is 6. The fourth-order valence-electron chi connectivity index (χ4n) is 6.60. The van der Waals surface area contributed by atoms with E-state index >= 15 is 0 Å². The number of ether oxygens (including phenoxy) is 2. The molecule has 3 heterocycles. The van der Waals surface area contributed by atoms with Gasteiger partial charge in [0.15, 0.2) is 5.60 Å². The summed E-state index contributed by atoms with van der Waals surface area (Å²) >= 11 is 0. The summed E-state index contributed by atoms with van der Waals surface area (Å²) in [5, 5.41) is 28.2. The van der Waals surface area contributed by atoms with Crippen LogP contribution in [0.1, 0.15) is 65.7 Å². The largest absolute Gasteiger partial charge is 0.508 e. The van der Waals surface area contributed by atoms with E-state index in [4.69, 9.17) is 9.47 Å². The Kier molecular flexibility index (Phi) is 7.51. The monoisotopic (exact) mass is 625 g/mol. The molecule has 3 aromatic rings. The maximum absolute atomic E-state index is 13.1. The average molecular weight is 626 g/mol. The molecular formula is C34H31N3O9. The van der Waals surface area contributed by atoms with Gasteiger partial charge in [-0.3, -0.25) is 25.0 Å². The van der Waals surface area contributed by atoms with Crippen molar-refractivity contribution >= 4 is 29.7 Å². The number of amides is 5. The molecule has 2 atom stereocenters. The molecule has 46 heavy (non-hydrogen) atoms. The van der Waals surface area contributed by atoms with Crippen LogP contribution in [0.5, 0.6) is 23.0 Å². The third-order valence-corrected chi connectivity index (χ3v) is 8.92. The van der Waals surface area contributed by atoms with Crippen LogP contribution in [0, 0.1) is 11.3 Å². The Bertz CT molecular complexity index is 1830. The number of rotatable bonds is 8. The van der Waals surface area contributed by atoms with Crippen LogP contribution >= 0.6 is 0 Å². The summed E-state index contributed by atoms with van der Waals surface area (Å²) in [5.41, 5.74) is -1.02. The molecule has 12 heteroatoms. The molecule has 0 radical (unpaired) electrons. The lowest BCUT2D eigenvalue weighted by Crippen LogP contribution is -2.64. The van der Waals surface area contributed by atoms with E-state index in [0.717, 1.165) is 0 Å². The van der Waals surface area contributed by atoms with Gasteiger partial charge in [-0.2, -0.15) is 0 Å². The number of phenols is 2. The van der Waals surface area contributed by atoms with Gasteiger partial charge in [0.25, 0.3) is 0 Å². The molecular weight excluding hydrogens is 594 g/mol. The van der Waals surface area contributed by atoms with Crippen LogP contribution in [0.4, 0.5) is 4.79 Å². The summed E-state index contributed by atoms with van der Waals surface area (Å²) < 4.78 is 12.3. The highest BCUT2D eigenvalue weighted by molar-refractivity contribution is 6.19. The van der Waals surface area contributed by atoms with E-state index in [0.29, 0.717) is 35.1 Å². The van der Waals surface area contributed by atoms with E-state index in [1.807, 2.05) is 6.92 Å². The lowest BCUT2D eigenvalue weighted by atomic mass is 9.69. The molecule has 0 aliphatic carbocycles. The van der Waals surface area contributed by atoms with Gasteiger partial charge in [0, 0.05) is 22.8 Å². The fraction of sp³-hybridized carbons (Fsp3) is 0.265. The van der Waals surface area contributed by atoms with Crippen molar-refractivity contribution in [3.05, 3.63) is 94.6 Å². The van der Waals surface area contributed by atoms with Gasteiger partial charge in [-0.25, -0.2) is 9.59 Å². The van der Waals surface area contributed by atoms with Gasteiger partial charge >= 0.3 is 12.0 Å². The number of carbonyl (C=O) groups is 5. The van der Waals surface area contributed by atoms with Crippen molar-refractivity contribution in [2.45, 2.75) is 45.3 Å². The summed E-state index contributed by atoms with van der Waals surface area (Å²) in [6.45, 7) is 3.44. The van der Waals surface area contributed by atoms with E-state index in [-0.39, 0.29) is 41.5 Å². The van der Waals surface area contributed by atoms with Crippen LogP contribution in [-0.2, 0) is 31.3 Å². The molecule has 3 aliphatic heterocycles. The summed E-state index contributed by atoms with van der Waals surface area (Å²) in [6.07, 6.45) is 3.68. The van der Waals surface area contributed by atoms with E-state index in [2.05, 4.69) is 16.0 Å². The summed E-state index contributed by atoms with van der Waals surface area (Å²) in [5.74, 6) is -2.97. The van der Waals surface area contributed by atoms with Crippen LogP contribution in [-0.4, -0.2) is 39.9 Å². The Morgan fingerprint density at radius 1 is 0.978 bits per heavy atom. The van der Waals surface area contributed by atoms with Gasteiger partial charge in [-0.05, 0) is 55.2 Å². The van der Waals surface area contributed by atoms with Gasteiger partial charge in [0.1, 0.15) is 28.4 Å². The number of imide groups is 2. The molecule has 3 aliphatic rings. The number of hydrogen-bond donors (Lipinski definition) is 5. The first-order valence-electron chi connectivity index (χ1n) is 14.8. The Hall–Kier alpha value is -5.65. The standard InChI is InChI=1S/C34H31N3O9/c1-3-7-18(2)33(30(42)36-32(44)37-31(33)43)15-6-10-27(40)35-17-21-25(39)14-13-24-28(21)45-26-16-19(38)11-12-23(26)34(24)22-9-5-4-8-20(22)29(41)46-34/h4-6,8-14,16,18,38-39H,3,7,15,17H2,1-2H3,(H,35,40)(H2,36,37,42,43,44). The van der Waals surface area contributed by atoms with Crippen molar-refractivity contribution in [1.29, 1.82) is 0 Å². The predicted molar refractivity (Wildman–Crippen MR) is 162 cm³/mol. The minimum absolute atomic E-state index is 0.0918. The van der Waals surface area contributed by atoms with Crippen LogP contribution in [0.3, 0.4) is 0 Å². The molecule has 3 aromatic carbocycles. The molecule has 1 saturated heterocycles. The first-order valence-corrected chi connectivity index (χ1v) is 14.8. The smallest absolute Gasteiger partial charge is 0.340 e. The van der Waals surface area contributed by atoms with Gasteiger partial charge in [0.05, 0.1) is 17.7 Å². The number of nitrogens with one attached hydrogen (secondary N) is 3. The number of benzene rings is 3. The zero-order valence-corrected chi connectivity index (χ0v) is 25.0. The van der Waals surface area contributed by atoms with Gasteiger partial charge < -0.3 is 25.0 Å². The lowest BCUT2D eigenvalue weighted by molar-refractivity contribution is -0.148. The van der Waals surface area contributed by atoms with E-state index < -0.39 is 46.7 Å². The van der Waals surface area contributed by atoms with Crippen molar-refractivity contribution in [1.82, 2.24) is 16.0 Å². The third-order valence-electron chi connectivity index (χ3n) is 8.92. The minimum Gasteiger partial charge on any atom is -0.508 e. The number of allylic oxidation sites excluding steroid dienone is 1. The molecule has 1 fully saturated rings. The average Bonchev–Trinajstić information content (AvgIpc) is 3.30. The molecule has 0 bridgehead atoms. The van der Waals surface area contributed by atoms with E-state index in [9.17, 15) is 34.2 Å². The summed E-state index contributed by atoms with van der Waals surface area (Å²) in [7, 11) is 0. The predicted octanol–water partition coefficient (Wildman–Crippen LogP) is 4.02. The molecule has 1 spiro atoms. The molecule has 12 nitrogen and oxygen atoms in total. The van der Waals surface area contributed by atoms with Crippen LogP contribution < -0.4 is 20.7 Å². The summed E-state index contributed by atoms with van der Waals surface area (Å²) in [6, 6.07) is 13.5. The number of aromatic hydroxyl groups is 2. The SMILES string of the molecule is CCCC(C)C1(CC=CC(=O)NCc2c(O)ccc3c2Oc2cc(O)ccc2C32OC(=O)c3ccccc32)C(=O)NC(=O)NC1=O. The zero-order chi connectivity index (χ0) is 32.8. The molecule has 6 rings (SSSR count). The number of phenolic OH excluding ortho intramolecular Hbond substituents is 2. The second-order valence-corrected chi connectivity index (χ2v) is 11.6. The second kappa shape index (κ2) is 11.4. The Labute approximate surface area is 263 Å². The Morgan fingerprint density at radius 3 is 2.43 bits per heavy atom. The fourth-order valence-corrected chi connectivity index (χ4v) is 6.60. The molecule has 236 valence electrons. The van der Waals surface area contributed by atoms with Crippen molar-refractivity contribution in [3.8, 4) is 23.0 Å².